The third kappa shape index (κ3) is 3.60. The van der Waals surface area contributed by atoms with Crippen LogP contribution in [0.5, 0.6) is 0 Å². The highest BCUT2D eigenvalue weighted by molar-refractivity contribution is 6.31. The summed E-state index contributed by atoms with van der Waals surface area (Å²) in [6.07, 6.45) is 0. The van der Waals surface area contributed by atoms with Crippen molar-refractivity contribution in [3.05, 3.63) is 70.4 Å². The van der Waals surface area contributed by atoms with Crippen molar-refractivity contribution in [2.75, 3.05) is 26.2 Å². The molecule has 4 rings (SSSR count). The summed E-state index contributed by atoms with van der Waals surface area (Å²) in [4.78, 5) is 20.5. The third-order valence-electron chi connectivity index (χ3n) is 5.51. The van der Waals surface area contributed by atoms with Crippen molar-refractivity contribution in [3.63, 3.8) is 0 Å². The molecule has 0 saturated carbocycles. The number of aromatic amines is 1. The van der Waals surface area contributed by atoms with Gasteiger partial charge in [0.15, 0.2) is 0 Å². The predicted octanol–water partition coefficient (Wildman–Crippen LogP) is 4.65. The van der Waals surface area contributed by atoms with Crippen LogP contribution in [0.3, 0.4) is 0 Å². The number of hydrogen-bond acceptors (Lipinski definition) is 2. The van der Waals surface area contributed by atoms with Gasteiger partial charge in [0.1, 0.15) is 5.69 Å². The average Bonchev–Trinajstić information content (AvgIpc) is 3.10. The van der Waals surface area contributed by atoms with E-state index in [1.807, 2.05) is 35.2 Å². The first-order chi connectivity index (χ1) is 13.0. The zero-order valence-corrected chi connectivity index (χ0v) is 16.5. The summed E-state index contributed by atoms with van der Waals surface area (Å²) in [6.45, 7) is 7.38. The molecule has 3 aromatic rings. The molecule has 4 nitrogen and oxygen atoms in total. The van der Waals surface area contributed by atoms with Crippen LogP contribution < -0.4 is 0 Å². The molecule has 1 atom stereocenters. The molecule has 5 heteroatoms. The van der Waals surface area contributed by atoms with E-state index in [4.69, 9.17) is 11.6 Å². The Morgan fingerprint density at radius 2 is 1.81 bits per heavy atom. The van der Waals surface area contributed by atoms with E-state index in [2.05, 4.69) is 41.9 Å². The van der Waals surface area contributed by atoms with Crippen molar-refractivity contribution in [1.82, 2.24) is 14.8 Å². The summed E-state index contributed by atoms with van der Waals surface area (Å²) in [5, 5.41) is 1.89. The number of rotatable bonds is 3. The van der Waals surface area contributed by atoms with Crippen molar-refractivity contribution in [3.8, 4) is 0 Å². The summed E-state index contributed by atoms with van der Waals surface area (Å²) in [5.74, 6) is 0.0777. The molecule has 0 aliphatic carbocycles. The van der Waals surface area contributed by atoms with Crippen LogP contribution in [0.1, 0.15) is 34.6 Å². The summed E-state index contributed by atoms with van der Waals surface area (Å²) >= 11 is 6.35. The van der Waals surface area contributed by atoms with Crippen LogP contribution in [0, 0.1) is 6.92 Å². The van der Waals surface area contributed by atoms with E-state index in [1.165, 1.54) is 5.56 Å². The molecule has 1 N–H and O–H groups in total. The largest absolute Gasteiger partial charge is 0.351 e. The van der Waals surface area contributed by atoms with Gasteiger partial charge in [0.05, 0.1) is 0 Å². The number of benzene rings is 2. The molecule has 1 aromatic heterocycles. The molecule has 1 amide bonds. The second-order valence-corrected chi connectivity index (χ2v) is 7.71. The number of nitrogens with zero attached hydrogens (tertiary/aromatic N) is 2. The Morgan fingerprint density at radius 3 is 2.56 bits per heavy atom. The van der Waals surface area contributed by atoms with Gasteiger partial charge in [-0.15, -0.1) is 0 Å². The third-order valence-corrected chi connectivity index (χ3v) is 5.86. The van der Waals surface area contributed by atoms with Crippen molar-refractivity contribution < 1.29 is 4.79 Å². The number of carbonyl (C=O) groups is 1. The second-order valence-electron chi connectivity index (χ2n) is 7.30. The number of nitrogens with one attached hydrogen (secondary N) is 1. The lowest BCUT2D eigenvalue weighted by atomic mass is 10.1. The SMILES string of the molecule is Cc1ccc2[nH]c(C(=O)N3CCN(C(C)c4ccccc4Cl)CC3)cc2c1. The molecule has 1 fully saturated rings. The minimum absolute atomic E-state index is 0.0777. The molecule has 2 heterocycles. The predicted molar refractivity (Wildman–Crippen MR) is 110 cm³/mol. The molecule has 0 spiro atoms. The molecule has 1 unspecified atom stereocenters. The van der Waals surface area contributed by atoms with E-state index < -0.39 is 0 Å². The molecule has 27 heavy (non-hydrogen) atoms. The quantitative estimate of drug-likeness (QED) is 0.717. The van der Waals surface area contributed by atoms with Gasteiger partial charge in [-0.1, -0.05) is 41.4 Å². The Labute approximate surface area is 164 Å². The smallest absolute Gasteiger partial charge is 0.270 e. The average molecular weight is 382 g/mol. The monoisotopic (exact) mass is 381 g/mol. The number of hydrogen-bond donors (Lipinski definition) is 1. The number of aryl methyl sites for hydroxylation is 1. The molecule has 0 bridgehead atoms. The molecular weight excluding hydrogens is 358 g/mol. The Balaban J connectivity index is 1.43. The van der Waals surface area contributed by atoms with Gasteiger partial charge in [-0.3, -0.25) is 9.69 Å². The fourth-order valence-corrected chi connectivity index (χ4v) is 4.15. The summed E-state index contributed by atoms with van der Waals surface area (Å²) in [6, 6.07) is 16.4. The molecule has 140 valence electrons. The van der Waals surface area contributed by atoms with Gasteiger partial charge in [-0.25, -0.2) is 0 Å². The van der Waals surface area contributed by atoms with Crippen molar-refractivity contribution >= 4 is 28.4 Å². The Hall–Kier alpha value is -2.30. The van der Waals surface area contributed by atoms with Gasteiger partial charge >= 0.3 is 0 Å². The maximum atomic E-state index is 12.9. The van der Waals surface area contributed by atoms with Crippen molar-refractivity contribution in [2.45, 2.75) is 19.9 Å². The Kier molecular flexibility index (Phi) is 4.94. The number of amides is 1. The van der Waals surface area contributed by atoms with Gasteiger partial charge in [0.2, 0.25) is 0 Å². The van der Waals surface area contributed by atoms with Crippen molar-refractivity contribution in [2.24, 2.45) is 0 Å². The van der Waals surface area contributed by atoms with E-state index in [1.54, 1.807) is 0 Å². The lowest BCUT2D eigenvalue weighted by Crippen LogP contribution is -2.49. The highest BCUT2D eigenvalue weighted by atomic mass is 35.5. The first-order valence-electron chi connectivity index (χ1n) is 9.40. The molecule has 1 saturated heterocycles. The zero-order valence-electron chi connectivity index (χ0n) is 15.7. The first-order valence-corrected chi connectivity index (χ1v) is 9.78. The van der Waals surface area contributed by atoms with Gasteiger partial charge < -0.3 is 9.88 Å². The van der Waals surface area contributed by atoms with Gasteiger partial charge in [-0.2, -0.15) is 0 Å². The summed E-state index contributed by atoms with van der Waals surface area (Å²) in [7, 11) is 0. The lowest BCUT2D eigenvalue weighted by Gasteiger charge is -2.38. The van der Waals surface area contributed by atoms with Crippen LogP contribution in [0.2, 0.25) is 5.02 Å². The maximum absolute atomic E-state index is 12.9. The van der Waals surface area contributed by atoms with Gasteiger partial charge in [0.25, 0.3) is 5.91 Å². The number of carbonyl (C=O) groups excluding carboxylic acids is 1. The number of H-pyrrole nitrogens is 1. The number of fused-ring (bicyclic) bond motifs is 1. The molecule has 0 radical (unpaired) electrons. The summed E-state index contributed by atoms with van der Waals surface area (Å²) < 4.78 is 0. The van der Waals surface area contributed by atoms with E-state index in [9.17, 15) is 4.79 Å². The number of halogens is 1. The maximum Gasteiger partial charge on any atom is 0.270 e. The van der Waals surface area contributed by atoms with E-state index in [0.717, 1.165) is 47.7 Å². The fraction of sp³-hybridized carbons (Fsp3) is 0.318. The van der Waals surface area contributed by atoms with E-state index in [-0.39, 0.29) is 11.9 Å². The molecule has 1 aliphatic rings. The topological polar surface area (TPSA) is 39.3 Å². The van der Waals surface area contributed by atoms with Crippen LogP contribution in [0.25, 0.3) is 10.9 Å². The minimum atomic E-state index is 0.0777. The number of piperazine rings is 1. The normalized spacial score (nSPS) is 16.6. The molecular formula is C22H24ClN3O. The highest BCUT2D eigenvalue weighted by Gasteiger charge is 2.26. The Bertz CT molecular complexity index is 973. The van der Waals surface area contributed by atoms with Gasteiger partial charge in [0, 0.05) is 48.1 Å². The lowest BCUT2D eigenvalue weighted by molar-refractivity contribution is 0.0577. The van der Waals surface area contributed by atoms with Gasteiger partial charge in [-0.05, 0) is 43.7 Å². The second kappa shape index (κ2) is 7.37. The van der Waals surface area contributed by atoms with Crippen LogP contribution in [0.15, 0.2) is 48.5 Å². The van der Waals surface area contributed by atoms with Crippen molar-refractivity contribution in [1.29, 1.82) is 0 Å². The molecule has 1 aliphatic heterocycles. The van der Waals surface area contributed by atoms with Crippen LogP contribution in [-0.2, 0) is 0 Å². The molecule has 2 aromatic carbocycles. The van der Waals surface area contributed by atoms with Crippen LogP contribution >= 0.6 is 11.6 Å². The minimum Gasteiger partial charge on any atom is -0.351 e. The standard InChI is InChI=1S/C22H24ClN3O/c1-15-7-8-20-17(13-15)14-21(24-20)22(27)26-11-9-25(10-12-26)16(2)18-5-3-4-6-19(18)23/h3-8,13-14,16,24H,9-12H2,1-2H3. The number of aromatic nitrogens is 1. The Morgan fingerprint density at radius 1 is 1.07 bits per heavy atom. The summed E-state index contributed by atoms with van der Waals surface area (Å²) in [5.41, 5.74) is 4.02. The van der Waals surface area contributed by atoms with E-state index >= 15 is 0 Å². The zero-order chi connectivity index (χ0) is 19.0. The first kappa shape index (κ1) is 18.1. The highest BCUT2D eigenvalue weighted by Crippen LogP contribution is 2.28. The fourth-order valence-electron chi connectivity index (χ4n) is 3.86. The van der Waals surface area contributed by atoms with Crippen LogP contribution in [-0.4, -0.2) is 46.9 Å². The van der Waals surface area contributed by atoms with Crippen LogP contribution in [0.4, 0.5) is 0 Å². The van der Waals surface area contributed by atoms with E-state index in [0.29, 0.717) is 5.69 Å².